The van der Waals surface area contributed by atoms with Crippen LogP contribution in [0.15, 0.2) is 42.5 Å². The molecule has 0 heterocycles. The second-order valence-electron chi connectivity index (χ2n) is 9.44. The molecule has 0 aliphatic heterocycles. The standard InChI is InChI=1S/C25H33N3O2/c1-17-6-7-20(24(30)27-21-12-13-21)14-22(17)18-8-10-19(11-9-18)23(29)26-15-25(2,3)16-28(4)5/h6-11,14,21H,12-13,15-16H2,1-5H3,(H,26,29)(H,27,30). The highest BCUT2D eigenvalue weighted by Crippen LogP contribution is 2.26. The Morgan fingerprint density at radius 1 is 1.00 bits per heavy atom. The zero-order valence-corrected chi connectivity index (χ0v) is 18.7. The van der Waals surface area contributed by atoms with Gasteiger partial charge in [-0.2, -0.15) is 0 Å². The van der Waals surface area contributed by atoms with Crippen molar-refractivity contribution in [2.24, 2.45) is 5.41 Å². The Balaban J connectivity index is 1.69. The average molecular weight is 408 g/mol. The van der Waals surface area contributed by atoms with Gasteiger partial charge in [0.2, 0.25) is 0 Å². The van der Waals surface area contributed by atoms with Crippen LogP contribution in [0.4, 0.5) is 0 Å². The lowest BCUT2D eigenvalue weighted by Crippen LogP contribution is -2.39. The third-order valence-corrected chi connectivity index (χ3v) is 5.34. The van der Waals surface area contributed by atoms with Crippen LogP contribution in [-0.2, 0) is 0 Å². The fraction of sp³-hybridized carbons (Fsp3) is 0.440. The van der Waals surface area contributed by atoms with Gasteiger partial charge in [-0.1, -0.05) is 32.0 Å². The number of rotatable bonds is 8. The Bertz CT molecular complexity index is 912. The average Bonchev–Trinajstić information content (AvgIpc) is 3.49. The van der Waals surface area contributed by atoms with Crippen LogP contribution in [-0.4, -0.2) is 49.9 Å². The fourth-order valence-corrected chi connectivity index (χ4v) is 3.71. The van der Waals surface area contributed by atoms with Crippen molar-refractivity contribution in [2.75, 3.05) is 27.2 Å². The number of nitrogens with one attached hydrogen (secondary N) is 2. The molecule has 0 aromatic heterocycles. The van der Waals surface area contributed by atoms with Gasteiger partial charge < -0.3 is 15.5 Å². The SMILES string of the molecule is Cc1ccc(C(=O)NC2CC2)cc1-c1ccc(C(=O)NCC(C)(C)CN(C)C)cc1. The number of aryl methyl sites for hydroxylation is 1. The number of carbonyl (C=O) groups is 2. The van der Waals surface area contributed by atoms with Crippen LogP contribution in [0.2, 0.25) is 0 Å². The van der Waals surface area contributed by atoms with E-state index in [-0.39, 0.29) is 17.2 Å². The van der Waals surface area contributed by atoms with E-state index in [0.29, 0.717) is 23.7 Å². The number of hydrogen-bond acceptors (Lipinski definition) is 3. The molecule has 1 aliphatic carbocycles. The van der Waals surface area contributed by atoms with Crippen molar-refractivity contribution in [3.05, 3.63) is 59.2 Å². The maximum atomic E-state index is 12.6. The first-order valence-corrected chi connectivity index (χ1v) is 10.6. The van der Waals surface area contributed by atoms with Crippen LogP contribution in [0.5, 0.6) is 0 Å². The van der Waals surface area contributed by atoms with Crippen molar-refractivity contribution >= 4 is 11.8 Å². The van der Waals surface area contributed by atoms with E-state index >= 15 is 0 Å². The Hall–Kier alpha value is -2.66. The topological polar surface area (TPSA) is 61.4 Å². The van der Waals surface area contributed by atoms with Gasteiger partial charge in [0, 0.05) is 30.3 Å². The number of carbonyl (C=O) groups excluding carboxylic acids is 2. The molecule has 0 spiro atoms. The van der Waals surface area contributed by atoms with Gasteiger partial charge in [0.05, 0.1) is 0 Å². The summed E-state index contributed by atoms with van der Waals surface area (Å²) < 4.78 is 0. The van der Waals surface area contributed by atoms with Gasteiger partial charge in [-0.05, 0) is 80.2 Å². The normalized spacial score (nSPS) is 13.9. The minimum atomic E-state index is -0.0670. The minimum absolute atomic E-state index is 0.00229. The summed E-state index contributed by atoms with van der Waals surface area (Å²) in [5.41, 5.74) is 4.42. The molecule has 5 nitrogen and oxygen atoms in total. The van der Waals surface area contributed by atoms with E-state index in [1.807, 2.05) is 63.5 Å². The summed E-state index contributed by atoms with van der Waals surface area (Å²) in [4.78, 5) is 27.1. The van der Waals surface area contributed by atoms with Crippen LogP contribution < -0.4 is 10.6 Å². The van der Waals surface area contributed by atoms with Gasteiger partial charge in [-0.15, -0.1) is 0 Å². The van der Waals surface area contributed by atoms with E-state index in [0.717, 1.165) is 36.1 Å². The number of amides is 2. The van der Waals surface area contributed by atoms with E-state index in [9.17, 15) is 9.59 Å². The van der Waals surface area contributed by atoms with Crippen LogP contribution >= 0.6 is 0 Å². The van der Waals surface area contributed by atoms with Crippen LogP contribution in [0, 0.1) is 12.3 Å². The molecule has 1 fully saturated rings. The van der Waals surface area contributed by atoms with E-state index in [4.69, 9.17) is 0 Å². The molecule has 5 heteroatoms. The molecule has 2 aromatic rings. The highest BCUT2D eigenvalue weighted by atomic mass is 16.2. The van der Waals surface area contributed by atoms with E-state index < -0.39 is 0 Å². The first-order valence-electron chi connectivity index (χ1n) is 10.6. The summed E-state index contributed by atoms with van der Waals surface area (Å²) in [6.07, 6.45) is 2.14. The summed E-state index contributed by atoms with van der Waals surface area (Å²) in [5, 5.41) is 6.08. The maximum absolute atomic E-state index is 12.6. The smallest absolute Gasteiger partial charge is 0.251 e. The highest BCUT2D eigenvalue weighted by molar-refractivity contribution is 5.97. The molecule has 1 saturated carbocycles. The molecule has 1 aliphatic rings. The van der Waals surface area contributed by atoms with Gasteiger partial charge in [0.15, 0.2) is 0 Å². The van der Waals surface area contributed by atoms with Crippen molar-refractivity contribution in [3.8, 4) is 11.1 Å². The molecule has 0 radical (unpaired) electrons. The van der Waals surface area contributed by atoms with Crippen molar-refractivity contribution in [1.82, 2.24) is 15.5 Å². The van der Waals surface area contributed by atoms with Gasteiger partial charge in [0.25, 0.3) is 11.8 Å². The lowest BCUT2D eigenvalue weighted by Gasteiger charge is -2.28. The second kappa shape index (κ2) is 9.00. The van der Waals surface area contributed by atoms with Crippen LogP contribution in [0.1, 0.15) is 53.0 Å². The van der Waals surface area contributed by atoms with Gasteiger partial charge >= 0.3 is 0 Å². The molecule has 0 atom stereocenters. The molecule has 2 aromatic carbocycles. The highest BCUT2D eigenvalue weighted by Gasteiger charge is 2.24. The van der Waals surface area contributed by atoms with Crippen molar-refractivity contribution in [3.63, 3.8) is 0 Å². The largest absolute Gasteiger partial charge is 0.351 e. The lowest BCUT2D eigenvalue weighted by molar-refractivity contribution is 0.0927. The van der Waals surface area contributed by atoms with E-state index in [1.54, 1.807) is 0 Å². The maximum Gasteiger partial charge on any atom is 0.251 e. The predicted octanol–water partition coefficient (Wildman–Crippen LogP) is 3.87. The van der Waals surface area contributed by atoms with Crippen LogP contribution in [0.25, 0.3) is 11.1 Å². The Kier molecular flexibility index (Phi) is 6.61. The Morgan fingerprint density at radius 3 is 2.23 bits per heavy atom. The first-order chi connectivity index (χ1) is 14.1. The molecule has 2 N–H and O–H groups in total. The van der Waals surface area contributed by atoms with Crippen LogP contribution in [0.3, 0.4) is 0 Å². The third kappa shape index (κ3) is 5.92. The van der Waals surface area contributed by atoms with Gasteiger partial charge in [-0.3, -0.25) is 9.59 Å². The summed E-state index contributed by atoms with van der Waals surface area (Å²) in [5.74, 6) is -0.0854. The van der Waals surface area contributed by atoms with E-state index in [1.165, 1.54) is 0 Å². The molecular weight excluding hydrogens is 374 g/mol. The summed E-state index contributed by atoms with van der Waals surface area (Å²) in [7, 11) is 4.07. The number of nitrogens with zero attached hydrogens (tertiary/aromatic N) is 1. The molecule has 30 heavy (non-hydrogen) atoms. The van der Waals surface area contributed by atoms with Crippen molar-refractivity contribution in [2.45, 2.75) is 39.7 Å². The molecule has 2 amide bonds. The van der Waals surface area contributed by atoms with Crippen molar-refractivity contribution < 1.29 is 9.59 Å². The lowest BCUT2D eigenvalue weighted by atomic mass is 9.92. The minimum Gasteiger partial charge on any atom is -0.351 e. The van der Waals surface area contributed by atoms with Crippen molar-refractivity contribution in [1.29, 1.82) is 0 Å². The first kappa shape index (κ1) is 22.0. The summed E-state index contributed by atoms with van der Waals surface area (Å²) in [6.45, 7) is 7.83. The van der Waals surface area contributed by atoms with Gasteiger partial charge in [0.1, 0.15) is 0 Å². The molecular formula is C25H33N3O2. The van der Waals surface area contributed by atoms with Gasteiger partial charge in [-0.25, -0.2) is 0 Å². The Morgan fingerprint density at radius 2 is 1.63 bits per heavy atom. The zero-order valence-electron chi connectivity index (χ0n) is 18.7. The quantitative estimate of drug-likeness (QED) is 0.698. The number of hydrogen-bond donors (Lipinski definition) is 2. The monoisotopic (exact) mass is 407 g/mol. The predicted molar refractivity (Wildman–Crippen MR) is 122 cm³/mol. The molecule has 0 saturated heterocycles. The molecule has 0 bridgehead atoms. The van der Waals surface area contributed by atoms with E-state index in [2.05, 4.69) is 29.4 Å². The molecule has 160 valence electrons. The third-order valence-electron chi connectivity index (χ3n) is 5.34. The zero-order chi connectivity index (χ0) is 21.9. The molecule has 0 unspecified atom stereocenters. The summed E-state index contributed by atoms with van der Waals surface area (Å²) in [6, 6.07) is 13.7. The second-order valence-corrected chi connectivity index (χ2v) is 9.44. The molecule has 3 rings (SSSR count). The Labute approximate surface area is 179 Å². The number of benzene rings is 2. The fourth-order valence-electron chi connectivity index (χ4n) is 3.71. The summed E-state index contributed by atoms with van der Waals surface area (Å²) >= 11 is 0.